The van der Waals surface area contributed by atoms with Crippen LogP contribution in [0.1, 0.15) is 0 Å². The van der Waals surface area contributed by atoms with E-state index in [0.717, 1.165) is 0 Å². The Balaban J connectivity index is 2.78. The third-order valence-electron chi connectivity index (χ3n) is 1.84. The molecule has 0 amide bonds. The van der Waals surface area contributed by atoms with Crippen LogP contribution in [0.4, 0.5) is 11.5 Å². The molecule has 1 aromatic rings. The fourth-order valence-electron chi connectivity index (χ4n) is 1.10. The van der Waals surface area contributed by atoms with Crippen LogP contribution in [0.3, 0.4) is 0 Å². The molecule has 0 aromatic carbocycles. The maximum absolute atomic E-state index is 10.6. The van der Waals surface area contributed by atoms with E-state index >= 15 is 0 Å². The van der Waals surface area contributed by atoms with Gasteiger partial charge in [-0.1, -0.05) is 0 Å². The maximum atomic E-state index is 10.6. The molecule has 0 spiro atoms. The van der Waals surface area contributed by atoms with Gasteiger partial charge in [-0.15, -0.1) is 0 Å². The lowest BCUT2D eigenvalue weighted by Gasteiger charge is -2.06. The summed E-state index contributed by atoms with van der Waals surface area (Å²) in [5.74, 6) is 0.506. The zero-order valence-corrected chi connectivity index (χ0v) is 9.10. The van der Waals surface area contributed by atoms with Crippen molar-refractivity contribution in [3.05, 3.63) is 22.2 Å². The Morgan fingerprint density at radius 2 is 2.25 bits per heavy atom. The number of ether oxygens (including phenoxy) is 2. The highest BCUT2D eigenvalue weighted by atomic mass is 16.6. The molecule has 1 rings (SSSR count). The Bertz CT molecular complexity index is 370. The summed E-state index contributed by atoms with van der Waals surface area (Å²) in [6.45, 7) is 1.10. The zero-order chi connectivity index (χ0) is 12.0. The van der Waals surface area contributed by atoms with Crippen LogP contribution in [-0.4, -0.2) is 37.3 Å². The minimum atomic E-state index is -0.537. The predicted octanol–water partition coefficient (Wildman–Crippen LogP) is 1.06. The van der Waals surface area contributed by atoms with E-state index in [1.54, 1.807) is 7.11 Å². The summed E-state index contributed by atoms with van der Waals surface area (Å²) in [6.07, 6.45) is 0. The van der Waals surface area contributed by atoms with Crippen molar-refractivity contribution in [2.24, 2.45) is 0 Å². The summed E-state index contributed by atoms with van der Waals surface area (Å²) in [5.41, 5.74) is -0.153. The number of pyridine rings is 1. The van der Waals surface area contributed by atoms with Crippen molar-refractivity contribution in [3.8, 4) is 5.88 Å². The van der Waals surface area contributed by atoms with Crippen LogP contribution in [0.5, 0.6) is 5.88 Å². The summed E-state index contributed by atoms with van der Waals surface area (Å²) in [6, 6.07) is 2.87. The summed E-state index contributed by atoms with van der Waals surface area (Å²) in [5, 5.41) is 13.5. The smallest absolute Gasteiger partial charge is 0.331 e. The van der Waals surface area contributed by atoms with Gasteiger partial charge in [-0.05, 0) is 6.07 Å². The van der Waals surface area contributed by atoms with Crippen LogP contribution in [0.15, 0.2) is 12.1 Å². The van der Waals surface area contributed by atoms with Crippen molar-refractivity contribution in [1.29, 1.82) is 0 Å². The summed E-state index contributed by atoms with van der Waals surface area (Å²) >= 11 is 0. The molecule has 0 aliphatic carbocycles. The van der Waals surface area contributed by atoms with Gasteiger partial charge in [0.15, 0.2) is 0 Å². The molecule has 0 bridgehead atoms. The first kappa shape index (κ1) is 12.2. The van der Waals surface area contributed by atoms with Crippen molar-refractivity contribution < 1.29 is 14.4 Å². The first-order chi connectivity index (χ1) is 7.69. The van der Waals surface area contributed by atoms with Crippen LogP contribution in [0, 0.1) is 10.1 Å². The molecule has 16 heavy (non-hydrogen) atoms. The maximum Gasteiger partial charge on any atom is 0.331 e. The monoisotopic (exact) mass is 227 g/mol. The number of hydrogen-bond acceptors (Lipinski definition) is 6. The van der Waals surface area contributed by atoms with E-state index < -0.39 is 4.92 Å². The minimum Gasteiger partial charge on any atom is -0.476 e. The molecule has 0 radical (unpaired) electrons. The molecule has 0 aliphatic heterocycles. The van der Waals surface area contributed by atoms with E-state index in [-0.39, 0.29) is 11.6 Å². The molecule has 0 atom stereocenters. The van der Waals surface area contributed by atoms with Gasteiger partial charge in [0.2, 0.25) is 0 Å². The molecule has 7 nitrogen and oxygen atoms in total. The second kappa shape index (κ2) is 5.86. The summed E-state index contributed by atoms with van der Waals surface area (Å²) in [7, 11) is 2.93. The lowest BCUT2D eigenvalue weighted by molar-refractivity contribution is -0.386. The van der Waals surface area contributed by atoms with Crippen LogP contribution >= 0.6 is 0 Å². The van der Waals surface area contributed by atoms with Gasteiger partial charge >= 0.3 is 5.69 Å². The van der Waals surface area contributed by atoms with Gasteiger partial charge in [0.05, 0.1) is 18.6 Å². The van der Waals surface area contributed by atoms with Crippen molar-refractivity contribution >= 4 is 11.5 Å². The Labute approximate surface area is 92.5 Å². The highest BCUT2D eigenvalue weighted by Crippen LogP contribution is 2.25. The van der Waals surface area contributed by atoms with Crippen molar-refractivity contribution in [3.63, 3.8) is 0 Å². The topological polar surface area (TPSA) is 86.5 Å². The average Bonchev–Trinajstić information content (AvgIpc) is 2.29. The number of nitrogens with one attached hydrogen (secondary N) is 1. The van der Waals surface area contributed by atoms with E-state index in [0.29, 0.717) is 19.0 Å². The second-order valence-electron chi connectivity index (χ2n) is 2.90. The van der Waals surface area contributed by atoms with Gasteiger partial charge in [-0.2, -0.15) is 4.98 Å². The molecular formula is C9H13N3O4. The minimum absolute atomic E-state index is 0.00702. The fraction of sp³-hybridized carbons (Fsp3) is 0.444. The number of nitro groups is 1. The second-order valence-corrected chi connectivity index (χ2v) is 2.90. The molecule has 1 N–H and O–H groups in total. The standard InChI is InChI=1S/C9H13N3O4/c1-15-6-5-10-8-4-3-7(12(13)14)9(11-8)16-2/h3-4H,5-6H2,1-2H3,(H,10,11). The molecule has 7 heteroatoms. The van der Waals surface area contributed by atoms with Crippen molar-refractivity contribution in [1.82, 2.24) is 4.98 Å². The number of anilines is 1. The highest BCUT2D eigenvalue weighted by Gasteiger charge is 2.16. The molecule has 0 saturated heterocycles. The third-order valence-corrected chi connectivity index (χ3v) is 1.84. The van der Waals surface area contributed by atoms with Crippen LogP contribution in [0.25, 0.3) is 0 Å². The number of rotatable bonds is 6. The Morgan fingerprint density at radius 1 is 1.50 bits per heavy atom. The molecule has 0 unspecified atom stereocenters. The highest BCUT2D eigenvalue weighted by molar-refractivity contribution is 5.48. The Kier molecular flexibility index (Phi) is 4.46. The molecule has 0 aliphatic rings. The van der Waals surface area contributed by atoms with E-state index in [1.165, 1.54) is 19.2 Å². The Hall–Kier alpha value is -1.89. The van der Waals surface area contributed by atoms with E-state index in [9.17, 15) is 10.1 Å². The van der Waals surface area contributed by atoms with Gasteiger partial charge in [-0.25, -0.2) is 0 Å². The SMILES string of the molecule is COCCNc1ccc([N+](=O)[O-])c(OC)n1. The first-order valence-corrected chi connectivity index (χ1v) is 4.61. The fourth-order valence-corrected chi connectivity index (χ4v) is 1.10. The normalized spacial score (nSPS) is 9.88. The molecule has 0 fully saturated rings. The summed E-state index contributed by atoms with van der Waals surface area (Å²) in [4.78, 5) is 14.0. The summed E-state index contributed by atoms with van der Waals surface area (Å²) < 4.78 is 9.68. The third kappa shape index (κ3) is 3.06. The van der Waals surface area contributed by atoms with Crippen LogP contribution < -0.4 is 10.1 Å². The first-order valence-electron chi connectivity index (χ1n) is 4.61. The van der Waals surface area contributed by atoms with Crippen molar-refractivity contribution in [2.45, 2.75) is 0 Å². The van der Waals surface area contributed by atoms with Gasteiger partial charge < -0.3 is 14.8 Å². The lowest BCUT2D eigenvalue weighted by atomic mass is 10.4. The molecule has 1 heterocycles. The predicted molar refractivity (Wildman–Crippen MR) is 57.8 cm³/mol. The molecule has 1 aromatic heterocycles. The van der Waals surface area contributed by atoms with Gasteiger partial charge in [0.1, 0.15) is 5.82 Å². The number of hydrogen-bond donors (Lipinski definition) is 1. The largest absolute Gasteiger partial charge is 0.476 e. The quantitative estimate of drug-likeness (QED) is 0.444. The Morgan fingerprint density at radius 3 is 2.81 bits per heavy atom. The van der Waals surface area contributed by atoms with Crippen LogP contribution in [0.2, 0.25) is 0 Å². The number of methoxy groups -OCH3 is 2. The van der Waals surface area contributed by atoms with Crippen LogP contribution in [-0.2, 0) is 4.74 Å². The van der Waals surface area contributed by atoms with E-state index in [1.807, 2.05) is 0 Å². The van der Waals surface area contributed by atoms with Crippen molar-refractivity contribution in [2.75, 3.05) is 32.7 Å². The average molecular weight is 227 g/mol. The molecule has 0 saturated carbocycles. The molecule has 88 valence electrons. The van der Waals surface area contributed by atoms with Gasteiger partial charge in [-0.3, -0.25) is 10.1 Å². The van der Waals surface area contributed by atoms with E-state index in [2.05, 4.69) is 10.3 Å². The van der Waals surface area contributed by atoms with Gasteiger partial charge in [0.25, 0.3) is 5.88 Å². The lowest BCUT2D eigenvalue weighted by Crippen LogP contribution is -2.09. The van der Waals surface area contributed by atoms with E-state index in [4.69, 9.17) is 9.47 Å². The zero-order valence-electron chi connectivity index (χ0n) is 9.10. The molecular weight excluding hydrogens is 214 g/mol. The number of aromatic nitrogens is 1. The van der Waals surface area contributed by atoms with Gasteiger partial charge in [0, 0.05) is 19.7 Å². The number of nitrogens with zero attached hydrogens (tertiary/aromatic N) is 2.